The van der Waals surface area contributed by atoms with Crippen molar-refractivity contribution in [2.45, 2.75) is 13.0 Å². The number of anilines is 1. The van der Waals surface area contributed by atoms with Crippen molar-refractivity contribution >= 4 is 11.6 Å². The minimum Gasteiger partial charge on any atom is -0.376 e. The molecule has 1 heterocycles. The molecule has 0 aromatic heterocycles. The van der Waals surface area contributed by atoms with E-state index in [-0.39, 0.29) is 5.91 Å². The maximum absolute atomic E-state index is 12.4. The molecule has 126 valence electrons. The van der Waals surface area contributed by atoms with E-state index in [1.165, 1.54) is 5.56 Å². The van der Waals surface area contributed by atoms with E-state index in [1.54, 1.807) is 0 Å². The van der Waals surface area contributed by atoms with E-state index in [1.807, 2.05) is 41.3 Å². The van der Waals surface area contributed by atoms with Crippen LogP contribution in [0.3, 0.4) is 0 Å². The van der Waals surface area contributed by atoms with Gasteiger partial charge in [-0.15, -0.1) is 0 Å². The molecule has 2 aromatic carbocycles. The molecule has 24 heavy (non-hydrogen) atoms. The van der Waals surface area contributed by atoms with E-state index in [0.29, 0.717) is 6.54 Å². The quantitative estimate of drug-likeness (QED) is 0.919. The number of nitrogens with zero attached hydrogens (tertiary/aromatic N) is 2. The fourth-order valence-electron chi connectivity index (χ4n) is 3.07. The summed E-state index contributed by atoms with van der Waals surface area (Å²) in [5.74, 6) is 0.181. The van der Waals surface area contributed by atoms with Crippen LogP contribution < -0.4 is 5.32 Å². The number of carbonyl (C=O) groups is 1. The van der Waals surface area contributed by atoms with E-state index in [9.17, 15) is 4.79 Å². The molecular formula is C20H25N3O. The Morgan fingerprint density at radius 2 is 1.58 bits per heavy atom. The average molecular weight is 323 g/mol. The van der Waals surface area contributed by atoms with Crippen molar-refractivity contribution in [1.29, 1.82) is 0 Å². The van der Waals surface area contributed by atoms with Crippen molar-refractivity contribution in [3.8, 4) is 0 Å². The highest BCUT2D eigenvalue weighted by molar-refractivity contribution is 5.80. The van der Waals surface area contributed by atoms with E-state index in [4.69, 9.17) is 0 Å². The Morgan fingerprint density at radius 1 is 0.875 bits per heavy atom. The third-order valence-electron chi connectivity index (χ3n) is 4.41. The Hall–Kier alpha value is -2.33. The largest absolute Gasteiger partial charge is 0.376 e. The summed E-state index contributed by atoms with van der Waals surface area (Å²) in [6, 6.07) is 20.4. The number of nitrogens with one attached hydrogen (secondary N) is 1. The first kappa shape index (κ1) is 16.5. The SMILES string of the molecule is O=C(CNc1ccccc1)N1CCCN(Cc2ccccc2)CC1. The van der Waals surface area contributed by atoms with Gasteiger partial charge in [0, 0.05) is 38.4 Å². The normalized spacial score (nSPS) is 15.8. The fourth-order valence-corrected chi connectivity index (χ4v) is 3.07. The predicted molar refractivity (Wildman–Crippen MR) is 97.8 cm³/mol. The van der Waals surface area contributed by atoms with Gasteiger partial charge in [-0.25, -0.2) is 0 Å². The number of hydrogen-bond donors (Lipinski definition) is 1. The van der Waals surface area contributed by atoms with Gasteiger partial charge in [-0.05, 0) is 24.1 Å². The molecule has 1 amide bonds. The standard InChI is InChI=1S/C20H25N3O/c24-20(16-21-19-10-5-2-6-11-19)23-13-7-12-22(14-15-23)17-18-8-3-1-4-9-18/h1-6,8-11,21H,7,12-17H2. The molecule has 1 fully saturated rings. The number of rotatable bonds is 5. The molecule has 0 saturated carbocycles. The minimum absolute atomic E-state index is 0.181. The summed E-state index contributed by atoms with van der Waals surface area (Å²) in [7, 11) is 0. The van der Waals surface area contributed by atoms with Crippen LogP contribution in [0.25, 0.3) is 0 Å². The molecule has 0 unspecified atom stereocenters. The zero-order valence-corrected chi connectivity index (χ0v) is 14.0. The zero-order valence-electron chi connectivity index (χ0n) is 14.0. The van der Waals surface area contributed by atoms with Crippen LogP contribution in [0.5, 0.6) is 0 Å². The van der Waals surface area contributed by atoms with Gasteiger partial charge in [0.2, 0.25) is 5.91 Å². The Kier molecular flexibility index (Phi) is 5.85. The van der Waals surface area contributed by atoms with Crippen molar-refractivity contribution in [3.05, 3.63) is 66.2 Å². The number of benzene rings is 2. The minimum atomic E-state index is 0.181. The van der Waals surface area contributed by atoms with Crippen LogP contribution >= 0.6 is 0 Å². The van der Waals surface area contributed by atoms with Crippen LogP contribution in [-0.4, -0.2) is 48.4 Å². The van der Waals surface area contributed by atoms with Gasteiger partial charge in [0.25, 0.3) is 0 Å². The Balaban J connectivity index is 1.47. The van der Waals surface area contributed by atoms with Crippen LogP contribution in [0, 0.1) is 0 Å². The highest BCUT2D eigenvalue weighted by Gasteiger charge is 2.18. The van der Waals surface area contributed by atoms with Gasteiger partial charge in [0.05, 0.1) is 6.54 Å². The molecule has 2 aromatic rings. The molecular weight excluding hydrogens is 298 g/mol. The van der Waals surface area contributed by atoms with E-state index >= 15 is 0 Å². The molecule has 0 atom stereocenters. The molecule has 3 rings (SSSR count). The summed E-state index contributed by atoms with van der Waals surface area (Å²) in [4.78, 5) is 16.9. The molecule has 0 radical (unpaired) electrons. The van der Waals surface area contributed by atoms with Crippen LogP contribution in [-0.2, 0) is 11.3 Å². The number of carbonyl (C=O) groups excluding carboxylic acids is 1. The summed E-state index contributed by atoms with van der Waals surface area (Å²) in [5, 5.41) is 3.21. The van der Waals surface area contributed by atoms with Gasteiger partial charge >= 0.3 is 0 Å². The molecule has 0 spiro atoms. The fraction of sp³-hybridized carbons (Fsp3) is 0.350. The molecule has 1 N–H and O–H groups in total. The molecule has 1 aliphatic heterocycles. The van der Waals surface area contributed by atoms with Crippen molar-refractivity contribution in [1.82, 2.24) is 9.80 Å². The van der Waals surface area contributed by atoms with E-state index in [0.717, 1.165) is 44.8 Å². The third-order valence-corrected chi connectivity index (χ3v) is 4.41. The van der Waals surface area contributed by atoms with Gasteiger partial charge < -0.3 is 10.2 Å². The monoisotopic (exact) mass is 323 g/mol. The highest BCUT2D eigenvalue weighted by atomic mass is 16.2. The molecule has 0 bridgehead atoms. The molecule has 4 heteroatoms. The summed E-state index contributed by atoms with van der Waals surface area (Å²) in [6.07, 6.45) is 1.03. The molecule has 1 aliphatic rings. The molecule has 4 nitrogen and oxygen atoms in total. The first-order chi connectivity index (χ1) is 11.8. The van der Waals surface area contributed by atoms with Gasteiger partial charge in [0.1, 0.15) is 0 Å². The predicted octanol–water partition coefficient (Wildman–Crippen LogP) is 2.83. The van der Waals surface area contributed by atoms with Crippen LogP contribution in [0.1, 0.15) is 12.0 Å². The summed E-state index contributed by atoms with van der Waals surface area (Å²) < 4.78 is 0. The zero-order chi connectivity index (χ0) is 16.6. The lowest BCUT2D eigenvalue weighted by Crippen LogP contribution is -2.38. The Morgan fingerprint density at radius 3 is 2.33 bits per heavy atom. The van der Waals surface area contributed by atoms with Crippen LogP contribution in [0.2, 0.25) is 0 Å². The van der Waals surface area contributed by atoms with Crippen LogP contribution in [0.15, 0.2) is 60.7 Å². The molecule has 0 aliphatic carbocycles. The molecule has 1 saturated heterocycles. The maximum Gasteiger partial charge on any atom is 0.241 e. The highest BCUT2D eigenvalue weighted by Crippen LogP contribution is 2.10. The van der Waals surface area contributed by atoms with Crippen molar-refractivity contribution in [2.75, 3.05) is 38.0 Å². The van der Waals surface area contributed by atoms with Gasteiger partial charge in [-0.2, -0.15) is 0 Å². The van der Waals surface area contributed by atoms with Crippen molar-refractivity contribution in [3.63, 3.8) is 0 Å². The maximum atomic E-state index is 12.4. The van der Waals surface area contributed by atoms with E-state index in [2.05, 4.69) is 34.5 Å². The second-order valence-electron chi connectivity index (χ2n) is 6.22. The van der Waals surface area contributed by atoms with E-state index < -0.39 is 0 Å². The second kappa shape index (κ2) is 8.50. The van der Waals surface area contributed by atoms with Crippen LogP contribution in [0.4, 0.5) is 5.69 Å². The number of amides is 1. The average Bonchev–Trinajstić information content (AvgIpc) is 2.87. The Labute approximate surface area is 144 Å². The topological polar surface area (TPSA) is 35.6 Å². The summed E-state index contributed by atoms with van der Waals surface area (Å²) in [6.45, 7) is 4.97. The van der Waals surface area contributed by atoms with Gasteiger partial charge in [-0.3, -0.25) is 9.69 Å². The van der Waals surface area contributed by atoms with Gasteiger partial charge in [0.15, 0.2) is 0 Å². The number of hydrogen-bond acceptors (Lipinski definition) is 3. The lowest BCUT2D eigenvalue weighted by Gasteiger charge is -2.22. The third kappa shape index (κ3) is 4.83. The Bertz CT molecular complexity index is 630. The smallest absolute Gasteiger partial charge is 0.241 e. The summed E-state index contributed by atoms with van der Waals surface area (Å²) in [5.41, 5.74) is 2.33. The second-order valence-corrected chi connectivity index (χ2v) is 6.22. The first-order valence-electron chi connectivity index (χ1n) is 8.64. The lowest BCUT2D eigenvalue weighted by molar-refractivity contribution is -0.129. The summed E-state index contributed by atoms with van der Waals surface area (Å²) >= 11 is 0. The van der Waals surface area contributed by atoms with Gasteiger partial charge in [-0.1, -0.05) is 48.5 Å². The van der Waals surface area contributed by atoms with Crippen molar-refractivity contribution in [2.24, 2.45) is 0 Å². The first-order valence-corrected chi connectivity index (χ1v) is 8.64. The number of para-hydroxylation sites is 1. The van der Waals surface area contributed by atoms with Crippen molar-refractivity contribution < 1.29 is 4.79 Å². The lowest BCUT2D eigenvalue weighted by atomic mass is 10.2.